The molecule has 10 aliphatic carbocycles. The molecule has 14 atom stereocenters. The summed E-state index contributed by atoms with van der Waals surface area (Å²) in [5.41, 5.74) is 0. The summed E-state index contributed by atoms with van der Waals surface area (Å²) in [5.74, 6) is 11.6. The van der Waals surface area contributed by atoms with Gasteiger partial charge in [0.2, 0.25) is 0 Å². The van der Waals surface area contributed by atoms with Crippen molar-refractivity contribution in [2.75, 3.05) is 26.4 Å². The van der Waals surface area contributed by atoms with E-state index in [1.807, 2.05) is 12.2 Å². The molecule has 5 heterocycles. The van der Waals surface area contributed by atoms with Gasteiger partial charge in [-0.1, -0.05) is 113 Å². The van der Waals surface area contributed by atoms with Crippen LogP contribution in [0.15, 0.2) is 122 Å². The van der Waals surface area contributed by atoms with Crippen molar-refractivity contribution in [1.82, 2.24) is 0 Å². The molecule has 0 spiro atoms. The Balaban J connectivity index is 0.000000123. The monoisotopic (exact) mass is 919 g/mol. The fourth-order valence-corrected chi connectivity index (χ4v) is 11.9. The molecule has 0 aromatic heterocycles. The molecule has 372 valence electrons. The van der Waals surface area contributed by atoms with Crippen molar-refractivity contribution in [3.05, 3.63) is 122 Å². The summed E-state index contributed by atoms with van der Waals surface area (Å²) >= 11 is 0. The van der Waals surface area contributed by atoms with E-state index in [-0.39, 0.29) is 0 Å². The number of fused-ring (bicyclic) bond motifs is 10. The predicted molar refractivity (Wildman–Crippen MR) is 281 cm³/mol. The number of allylic oxidation sites excluding steroid dienone is 13. The van der Waals surface area contributed by atoms with E-state index in [9.17, 15) is 0 Å². The highest BCUT2D eigenvalue weighted by Gasteiger charge is 2.39. The van der Waals surface area contributed by atoms with Crippen molar-refractivity contribution < 1.29 is 23.7 Å². The van der Waals surface area contributed by atoms with Gasteiger partial charge in [-0.15, -0.1) is 0 Å². The van der Waals surface area contributed by atoms with Gasteiger partial charge in [-0.3, -0.25) is 0 Å². The minimum absolute atomic E-state index is 0.491. The summed E-state index contributed by atoms with van der Waals surface area (Å²) < 4.78 is 24.5. The first kappa shape index (κ1) is 52.9. The Morgan fingerprint density at radius 3 is 0.925 bits per heavy atom. The zero-order valence-corrected chi connectivity index (χ0v) is 42.6. The van der Waals surface area contributed by atoms with Crippen molar-refractivity contribution in [2.45, 2.75) is 168 Å². The van der Waals surface area contributed by atoms with Crippen LogP contribution in [0.4, 0.5) is 0 Å². The average molecular weight is 919 g/mol. The van der Waals surface area contributed by atoms with Gasteiger partial charge >= 0.3 is 0 Å². The molecular weight excluding hydrogens is 825 g/mol. The molecule has 15 rings (SSSR count). The fourth-order valence-electron chi connectivity index (χ4n) is 11.9. The third-order valence-electron chi connectivity index (χ3n) is 16.4. The van der Waals surface area contributed by atoms with E-state index in [1.165, 1.54) is 122 Å². The van der Waals surface area contributed by atoms with Crippen molar-refractivity contribution in [1.29, 1.82) is 0 Å². The molecule has 0 N–H and O–H groups in total. The minimum atomic E-state index is 0.491. The normalized spacial score (nSPS) is 37.4. The maximum Gasteiger partial charge on any atom is 0.121 e. The molecule has 15 aliphatic rings. The minimum Gasteiger partial charge on any atom is -0.502 e. The second-order valence-electron chi connectivity index (χ2n) is 21.7. The van der Waals surface area contributed by atoms with E-state index in [1.54, 1.807) is 25.0 Å². The summed E-state index contributed by atoms with van der Waals surface area (Å²) in [6.45, 7) is 12.7. The Morgan fingerprint density at radius 1 is 0.313 bits per heavy atom. The zero-order chi connectivity index (χ0) is 46.7. The third kappa shape index (κ3) is 19.8. The fraction of sp³-hybridized carbons (Fsp3) is 0.677. The standard InChI is InChI=1S/C9H14.2C8H12.C7H10.C6H8O.C6H10.C5H8O.C5H8.C4H6O2.C4H6O/c1-6-7(2)9-4-3-8(6)5-9;2*1-6-4-7-2-3-8(6)5-7;1-2-7-4-3-6(1)5-7;1-2-6-4-3-5(1)7-6;2*1-2-4-6-5-3-1;1-2-4-5-3-1;1-2-6-4-3-5-1;1-2-4-5-3-1/h3-4,6-9H,5H2,1-2H3;2*2-3,6-8H,4-5H2,1H3;1-2,6-7H,3-5H2;1-2,5-6H,3-4H2;1-2H,3-6H2;2,4H,1,3,5H2;1-2H,3-5H2;1-2H,3-4H2;1,3H,2,4H2. The molecule has 5 fully saturated rings. The van der Waals surface area contributed by atoms with E-state index in [4.69, 9.17) is 23.7 Å². The van der Waals surface area contributed by atoms with Crippen molar-refractivity contribution in [3.63, 3.8) is 0 Å². The number of hydrogen-bond acceptors (Lipinski definition) is 5. The molecule has 14 unspecified atom stereocenters. The molecule has 5 aliphatic heterocycles. The topological polar surface area (TPSA) is 46.2 Å². The van der Waals surface area contributed by atoms with Crippen LogP contribution in [-0.4, -0.2) is 38.6 Å². The molecule has 0 amide bonds. The maximum atomic E-state index is 5.36. The SMILES string of the molecule is C1=CC2CCC1C2.C1=CC2CCC1O2.C1=CCCC1.C1=CCCCC1.C1=COCC1.C1=COCCC1.C1=COCCO1.CC1C2C=CC(C2)C1C.CC1CC2C=CC1C2.CC1CC2C=CC1C2. The highest BCUT2D eigenvalue weighted by atomic mass is 16.5. The van der Waals surface area contributed by atoms with Crippen LogP contribution in [0.2, 0.25) is 0 Å². The van der Waals surface area contributed by atoms with Crippen LogP contribution >= 0.6 is 0 Å². The largest absolute Gasteiger partial charge is 0.502 e. The Kier molecular flexibility index (Phi) is 24.4. The zero-order valence-electron chi connectivity index (χ0n) is 42.6. The molecule has 10 bridgehead atoms. The first-order valence-electron chi connectivity index (χ1n) is 27.7. The molecule has 4 saturated carbocycles. The lowest BCUT2D eigenvalue weighted by Gasteiger charge is -2.19. The molecular formula is C62H94O5. The Morgan fingerprint density at radius 2 is 0.761 bits per heavy atom. The lowest BCUT2D eigenvalue weighted by molar-refractivity contribution is 0.108. The van der Waals surface area contributed by atoms with Gasteiger partial charge in [0.25, 0.3) is 0 Å². The van der Waals surface area contributed by atoms with Crippen LogP contribution < -0.4 is 0 Å². The van der Waals surface area contributed by atoms with Gasteiger partial charge in [-0.05, 0) is 205 Å². The quantitative estimate of drug-likeness (QED) is 0.227. The summed E-state index contributed by atoms with van der Waals surface area (Å²) in [4.78, 5) is 0. The molecule has 5 heteroatoms. The van der Waals surface area contributed by atoms with Crippen LogP contribution in [0.3, 0.4) is 0 Å². The molecule has 0 radical (unpaired) electrons. The van der Waals surface area contributed by atoms with Crippen LogP contribution in [0.25, 0.3) is 0 Å². The van der Waals surface area contributed by atoms with E-state index in [0.717, 1.165) is 90.6 Å². The van der Waals surface area contributed by atoms with Crippen molar-refractivity contribution >= 4 is 0 Å². The first-order valence-corrected chi connectivity index (χ1v) is 27.7. The lowest BCUT2D eigenvalue weighted by Crippen LogP contribution is -2.12. The lowest BCUT2D eigenvalue weighted by atomic mass is 9.86. The van der Waals surface area contributed by atoms with Crippen LogP contribution in [0.5, 0.6) is 0 Å². The third-order valence-corrected chi connectivity index (χ3v) is 16.4. The van der Waals surface area contributed by atoms with Gasteiger partial charge in [0, 0.05) is 6.42 Å². The van der Waals surface area contributed by atoms with E-state index < -0.39 is 0 Å². The summed E-state index contributed by atoms with van der Waals surface area (Å²) in [6.07, 6.45) is 71.3. The van der Waals surface area contributed by atoms with Gasteiger partial charge in [0.05, 0.1) is 37.9 Å². The second kappa shape index (κ2) is 30.9. The molecule has 0 aromatic carbocycles. The molecule has 5 nitrogen and oxygen atoms in total. The number of rotatable bonds is 0. The smallest absolute Gasteiger partial charge is 0.121 e. The Bertz CT molecular complexity index is 1470. The molecule has 0 aromatic rings. The summed E-state index contributed by atoms with van der Waals surface area (Å²) in [7, 11) is 0. The van der Waals surface area contributed by atoms with Gasteiger partial charge in [-0.2, -0.15) is 0 Å². The summed E-state index contributed by atoms with van der Waals surface area (Å²) in [6, 6.07) is 0. The highest BCUT2D eigenvalue weighted by Crippen LogP contribution is 2.47. The maximum absolute atomic E-state index is 5.36. The molecule has 1 saturated heterocycles. The van der Waals surface area contributed by atoms with Crippen molar-refractivity contribution in [2.24, 2.45) is 71.0 Å². The van der Waals surface area contributed by atoms with E-state index >= 15 is 0 Å². The number of hydrogen-bond donors (Lipinski definition) is 0. The second-order valence-corrected chi connectivity index (χ2v) is 21.7. The molecule has 67 heavy (non-hydrogen) atoms. The van der Waals surface area contributed by atoms with Gasteiger partial charge < -0.3 is 23.7 Å². The van der Waals surface area contributed by atoms with Gasteiger partial charge in [-0.25, -0.2) is 0 Å². The Hall–Kier alpha value is -3.44. The summed E-state index contributed by atoms with van der Waals surface area (Å²) in [5, 5.41) is 0. The van der Waals surface area contributed by atoms with Crippen LogP contribution in [0, 0.1) is 71.0 Å². The van der Waals surface area contributed by atoms with Gasteiger partial charge in [0.15, 0.2) is 0 Å². The van der Waals surface area contributed by atoms with E-state index in [2.05, 4.69) is 113 Å². The van der Waals surface area contributed by atoms with Gasteiger partial charge in [0.1, 0.15) is 25.7 Å². The first-order chi connectivity index (χ1) is 32.9. The Labute approximate surface area is 410 Å². The highest BCUT2D eigenvalue weighted by molar-refractivity contribution is 5.12. The van der Waals surface area contributed by atoms with Crippen LogP contribution in [-0.2, 0) is 23.7 Å². The number of ether oxygens (including phenoxy) is 5. The van der Waals surface area contributed by atoms with Crippen molar-refractivity contribution in [3.8, 4) is 0 Å². The van der Waals surface area contributed by atoms with Crippen LogP contribution in [0.1, 0.15) is 156 Å². The van der Waals surface area contributed by atoms with E-state index in [0.29, 0.717) is 25.4 Å². The average Bonchev–Trinajstić information content (AvgIpc) is 4.24. The predicted octanol–water partition coefficient (Wildman–Crippen LogP) is 16.6.